The van der Waals surface area contributed by atoms with E-state index in [1.54, 1.807) is 68.6 Å². The second-order valence-electron chi connectivity index (χ2n) is 11.6. The zero-order valence-corrected chi connectivity index (χ0v) is 26.2. The lowest BCUT2D eigenvalue weighted by Gasteiger charge is -2.31. The number of esters is 2. The fraction of sp³-hybridized carbons (Fsp3) is 0.471. The smallest absolute Gasteiger partial charge is 0.347 e. The number of carbonyl (C=O) groups excluding carboxylic acids is 4. The molecule has 2 aromatic rings. The Balaban J connectivity index is 1.87. The highest BCUT2D eigenvalue weighted by Crippen LogP contribution is 2.27. The first kappa shape index (κ1) is 35.3. The Labute approximate surface area is 263 Å². The molecule has 6 atom stereocenters. The lowest BCUT2D eigenvalue weighted by Crippen LogP contribution is -2.48. The first-order chi connectivity index (χ1) is 21.5. The van der Waals surface area contributed by atoms with Gasteiger partial charge in [0.2, 0.25) is 11.8 Å². The molecular weight excluding hydrogens is 580 g/mol. The van der Waals surface area contributed by atoms with Crippen molar-refractivity contribution >= 4 is 23.8 Å². The monoisotopic (exact) mass is 624 g/mol. The zero-order chi connectivity index (χ0) is 32.9. The molecule has 0 saturated heterocycles. The summed E-state index contributed by atoms with van der Waals surface area (Å²) >= 11 is 0. The predicted octanol–water partition coefficient (Wildman–Crippen LogP) is 2.79. The van der Waals surface area contributed by atoms with Crippen molar-refractivity contribution in [1.82, 2.24) is 10.6 Å². The van der Waals surface area contributed by atoms with Gasteiger partial charge in [0.25, 0.3) is 0 Å². The molecule has 244 valence electrons. The van der Waals surface area contributed by atoms with Crippen LogP contribution >= 0.6 is 0 Å². The molecule has 1 aliphatic rings. The van der Waals surface area contributed by atoms with Gasteiger partial charge in [-0.25, -0.2) is 4.79 Å². The molecule has 0 spiro atoms. The van der Waals surface area contributed by atoms with Gasteiger partial charge in [-0.15, -0.1) is 0 Å². The molecule has 3 rings (SSSR count). The molecule has 2 aromatic carbocycles. The van der Waals surface area contributed by atoms with Crippen LogP contribution in [0.15, 0.2) is 66.7 Å². The number of aliphatic hydroxyl groups is 2. The van der Waals surface area contributed by atoms with Gasteiger partial charge in [-0.1, -0.05) is 69.3 Å². The van der Waals surface area contributed by atoms with Gasteiger partial charge in [0, 0.05) is 25.3 Å². The summed E-state index contributed by atoms with van der Waals surface area (Å²) in [5, 5.41) is 27.3. The van der Waals surface area contributed by atoms with E-state index in [1.165, 1.54) is 12.2 Å². The first-order valence-corrected chi connectivity index (χ1v) is 15.2. The number of cyclic esters (lactones) is 2. The van der Waals surface area contributed by atoms with E-state index >= 15 is 0 Å². The Bertz CT molecular complexity index is 1300. The molecule has 0 aliphatic carbocycles. The van der Waals surface area contributed by atoms with Crippen molar-refractivity contribution in [3.8, 4) is 5.75 Å². The topological polar surface area (TPSA) is 160 Å². The molecule has 2 amide bonds. The largest absolute Gasteiger partial charge is 0.497 e. The minimum Gasteiger partial charge on any atom is -0.497 e. The highest BCUT2D eigenvalue weighted by Gasteiger charge is 2.35. The second kappa shape index (κ2) is 17.3. The van der Waals surface area contributed by atoms with Crippen LogP contribution in [0.2, 0.25) is 0 Å². The Kier molecular flexibility index (Phi) is 13.6. The number of amides is 2. The molecule has 1 unspecified atom stereocenters. The standard InChI is InChI=1S/C34H44N2O9/c1-21(2)19-28-34(42)45-27(22(3)31(39)32(40)24-9-6-5-7-10-24)11-8-12-29(37)36-26(33(41)35-18-17-30(38)44-28)20-23-13-15-25(43-4)16-14-23/h5-10,12-16,21-22,26-28,31-32,39-40H,11,17-20H2,1-4H3,(H,35,41)(H,36,37)/b12-8+/t22-,26?,27-,28-,31+,32+/m0/s1. The van der Waals surface area contributed by atoms with Gasteiger partial charge in [0.05, 0.1) is 19.6 Å². The minimum absolute atomic E-state index is 0.00339. The van der Waals surface area contributed by atoms with Gasteiger partial charge < -0.3 is 35.1 Å². The third kappa shape index (κ3) is 11.0. The number of methoxy groups -OCH3 is 1. The molecule has 0 bridgehead atoms. The van der Waals surface area contributed by atoms with Crippen LogP contribution in [0.25, 0.3) is 0 Å². The van der Waals surface area contributed by atoms with Crippen molar-refractivity contribution < 1.29 is 43.6 Å². The molecule has 11 nitrogen and oxygen atoms in total. The zero-order valence-electron chi connectivity index (χ0n) is 26.2. The van der Waals surface area contributed by atoms with E-state index in [-0.39, 0.29) is 38.1 Å². The molecule has 4 N–H and O–H groups in total. The number of rotatable bonds is 9. The molecule has 0 aromatic heterocycles. The van der Waals surface area contributed by atoms with Crippen molar-refractivity contribution in [2.45, 2.75) is 76.9 Å². The second-order valence-corrected chi connectivity index (χ2v) is 11.6. The highest BCUT2D eigenvalue weighted by molar-refractivity contribution is 5.93. The van der Waals surface area contributed by atoms with E-state index in [2.05, 4.69) is 10.6 Å². The van der Waals surface area contributed by atoms with Gasteiger partial charge in [0.1, 0.15) is 24.0 Å². The number of carbonyl (C=O) groups is 4. The van der Waals surface area contributed by atoms with Crippen molar-refractivity contribution in [2.75, 3.05) is 13.7 Å². The maximum atomic E-state index is 13.3. The molecular formula is C34H44N2O9. The van der Waals surface area contributed by atoms with E-state index in [0.29, 0.717) is 11.3 Å². The number of ether oxygens (including phenoxy) is 3. The van der Waals surface area contributed by atoms with Crippen LogP contribution in [-0.4, -0.2) is 72.0 Å². The first-order valence-electron chi connectivity index (χ1n) is 15.2. The molecule has 1 heterocycles. The van der Waals surface area contributed by atoms with Gasteiger partial charge >= 0.3 is 11.9 Å². The molecule has 0 saturated carbocycles. The van der Waals surface area contributed by atoms with E-state index in [0.717, 1.165) is 5.56 Å². The number of benzene rings is 2. The van der Waals surface area contributed by atoms with Crippen molar-refractivity contribution in [3.63, 3.8) is 0 Å². The SMILES string of the molecule is COc1ccc(CC2NC(=O)/C=C/C[C@@H]([C@H](C)[C@@H](O)[C@H](O)c3ccccc3)OC(=O)[C@H](CC(C)C)OC(=O)CCNC2=O)cc1. The third-order valence-corrected chi connectivity index (χ3v) is 7.58. The summed E-state index contributed by atoms with van der Waals surface area (Å²) in [6.45, 7) is 5.28. The van der Waals surface area contributed by atoms with Gasteiger partial charge in [-0.2, -0.15) is 0 Å². The lowest BCUT2D eigenvalue weighted by atomic mass is 9.89. The quantitative estimate of drug-likeness (QED) is 0.308. The summed E-state index contributed by atoms with van der Waals surface area (Å²) in [7, 11) is 1.55. The Morgan fingerprint density at radius 2 is 1.64 bits per heavy atom. The van der Waals surface area contributed by atoms with Crippen LogP contribution in [0.5, 0.6) is 5.75 Å². The Morgan fingerprint density at radius 1 is 0.956 bits per heavy atom. The third-order valence-electron chi connectivity index (χ3n) is 7.58. The fourth-order valence-corrected chi connectivity index (χ4v) is 4.93. The van der Waals surface area contributed by atoms with Crippen molar-refractivity contribution in [1.29, 1.82) is 0 Å². The summed E-state index contributed by atoms with van der Waals surface area (Å²) in [6.07, 6.45) is -1.95. The number of hydrogen-bond donors (Lipinski definition) is 4. The molecule has 11 heteroatoms. The Hall–Kier alpha value is -4.22. The number of hydrogen-bond acceptors (Lipinski definition) is 9. The summed E-state index contributed by atoms with van der Waals surface area (Å²) in [4.78, 5) is 52.1. The molecule has 0 fully saturated rings. The summed E-state index contributed by atoms with van der Waals surface area (Å²) < 4.78 is 16.5. The van der Waals surface area contributed by atoms with Crippen molar-refractivity contribution in [3.05, 3.63) is 77.9 Å². The lowest BCUT2D eigenvalue weighted by molar-refractivity contribution is -0.177. The normalized spacial score (nSPS) is 23.1. The molecule has 45 heavy (non-hydrogen) atoms. The van der Waals surface area contributed by atoms with Gasteiger partial charge in [0.15, 0.2) is 6.10 Å². The van der Waals surface area contributed by atoms with Crippen LogP contribution in [0.3, 0.4) is 0 Å². The average Bonchev–Trinajstić information content (AvgIpc) is 3.02. The minimum atomic E-state index is -1.33. The average molecular weight is 625 g/mol. The summed E-state index contributed by atoms with van der Waals surface area (Å²) in [6, 6.07) is 14.7. The molecule has 1 aliphatic heterocycles. The van der Waals surface area contributed by atoms with Gasteiger partial charge in [-0.05, 0) is 41.7 Å². The van der Waals surface area contributed by atoms with E-state index in [1.807, 2.05) is 13.8 Å². The van der Waals surface area contributed by atoms with E-state index < -0.39 is 60.1 Å². The van der Waals surface area contributed by atoms with Gasteiger partial charge in [-0.3, -0.25) is 14.4 Å². The van der Waals surface area contributed by atoms with Crippen LogP contribution < -0.4 is 15.4 Å². The number of aliphatic hydroxyl groups excluding tert-OH is 2. The van der Waals surface area contributed by atoms with Crippen LogP contribution in [-0.2, 0) is 35.1 Å². The van der Waals surface area contributed by atoms with Crippen molar-refractivity contribution in [2.24, 2.45) is 11.8 Å². The molecule has 0 radical (unpaired) electrons. The van der Waals surface area contributed by atoms with E-state index in [9.17, 15) is 29.4 Å². The number of nitrogens with one attached hydrogen (secondary N) is 2. The Morgan fingerprint density at radius 3 is 2.29 bits per heavy atom. The maximum absolute atomic E-state index is 13.3. The fourth-order valence-electron chi connectivity index (χ4n) is 4.93. The summed E-state index contributed by atoms with van der Waals surface area (Å²) in [5.74, 6) is -2.73. The van der Waals surface area contributed by atoms with Crippen LogP contribution in [0.1, 0.15) is 57.3 Å². The van der Waals surface area contributed by atoms with E-state index in [4.69, 9.17) is 14.2 Å². The summed E-state index contributed by atoms with van der Waals surface area (Å²) in [5.41, 5.74) is 1.26. The van der Waals surface area contributed by atoms with Crippen LogP contribution in [0.4, 0.5) is 0 Å². The van der Waals surface area contributed by atoms with Crippen LogP contribution in [0, 0.1) is 11.8 Å². The predicted molar refractivity (Wildman–Crippen MR) is 166 cm³/mol. The highest BCUT2D eigenvalue weighted by atomic mass is 16.6. The maximum Gasteiger partial charge on any atom is 0.347 e.